The van der Waals surface area contributed by atoms with Crippen molar-refractivity contribution in [2.24, 2.45) is 0 Å². The molecule has 0 aromatic heterocycles. The maximum Gasteiger partial charge on any atom is 0.307 e. The average molecular weight is 578 g/mol. The lowest BCUT2D eigenvalue weighted by atomic mass is 9.98. The van der Waals surface area contributed by atoms with Crippen molar-refractivity contribution in [2.45, 2.75) is 19.6 Å². The lowest BCUT2D eigenvalue weighted by molar-refractivity contribution is -0.136. The van der Waals surface area contributed by atoms with Crippen LogP contribution in [-0.2, 0) is 24.4 Å². The quantitative estimate of drug-likeness (QED) is 0.188. The Morgan fingerprint density at radius 1 is 0.690 bits per heavy atom. The van der Waals surface area contributed by atoms with Gasteiger partial charge in [0.15, 0.2) is 0 Å². The molecule has 0 bridgehead atoms. The van der Waals surface area contributed by atoms with Crippen LogP contribution in [0.25, 0.3) is 10.8 Å². The number of nitrogens with zero attached hydrogens (tertiary/aromatic N) is 1. The molecule has 42 heavy (non-hydrogen) atoms. The summed E-state index contributed by atoms with van der Waals surface area (Å²) in [6.07, 6.45) is -0.244. The topological polar surface area (TPSA) is 93.1 Å². The van der Waals surface area contributed by atoms with Crippen LogP contribution >= 0.6 is 11.6 Å². The van der Waals surface area contributed by atoms with Gasteiger partial charge in [-0.1, -0.05) is 90.5 Å². The van der Waals surface area contributed by atoms with E-state index in [-0.39, 0.29) is 47.2 Å². The first-order valence-electron chi connectivity index (χ1n) is 13.2. The van der Waals surface area contributed by atoms with Gasteiger partial charge >= 0.3 is 5.97 Å². The Labute approximate surface area is 246 Å². The summed E-state index contributed by atoms with van der Waals surface area (Å²) in [5, 5.41) is 10.4. The van der Waals surface area contributed by atoms with E-state index in [4.69, 9.17) is 26.2 Å². The molecule has 0 saturated carbocycles. The average Bonchev–Trinajstić information content (AvgIpc) is 3.25. The van der Waals surface area contributed by atoms with Crippen molar-refractivity contribution >= 4 is 45.8 Å². The lowest BCUT2D eigenvalue weighted by Gasteiger charge is -2.16. The molecule has 8 heteroatoms. The Morgan fingerprint density at radius 3 is 1.93 bits per heavy atom. The summed E-state index contributed by atoms with van der Waals surface area (Å²) in [6, 6.07) is 30.8. The van der Waals surface area contributed by atoms with E-state index in [1.54, 1.807) is 12.1 Å². The van der Waals surface area contributed by atoms with Gasteiger partial charge in [0.1, 0.15) is 24.7 Å². The Kier molecular flexibility index (Phi) is 7.33. The number of amides is 2. The van der Waals surface area contributed by atoms with Crippen molar-refractivity contribution in [3.8, 4) is 11.5 Å². The maximum atomic E-state index is 14.1. The van der Waals surface area contributed by atoms with Gasteiger partial charge in [0.25, 0.3) is 11.8 Å². The van der Waals surface area contributed by atoms with Gasteiger partial charge in [0.2, 0.25) is 0 Å². The highest BCUT2D eigenvalue weighted by Crippen LogP contribution is 2.44. The van der Waals surface area contributed by atoms with Gasteiger partial charge < -0.3 is 14.6 Å². The Morgan fingerprint density at radius 2 is 1.31 bits per heavy atom. The molecule has 2 amide bonds. The highest BCUT2D eigenvalue weighted by atomic mass is 35.5. The Balaban J connectivity index is 1.46. The number of imide groups is 1. The Hall–Kier alpha value is -5.14. The monoisotopic (exact) mass is 577 g/mol. The number of carbonyl (C=O) groups is 3. The van der Waals surface area contributed by atoms with E-state index in [1.165, 1.54) is 18.2 Å². The van der Waals surface area contributed by atoms with Crippen LogP contribution in [0.4, 0.5) is 5.69 Å². The number of hydrogen-bond acceptors (Lipinski definition) is 5. The fraction of sp³-hybridized carbons (Fsp3) is 0.0882. The van der Waals surface area contributed by atoms with Crippen LogP contribution in [0.1, 0.15) is 37.4 Å². The van der Waals surface area contributed by atoms with Gasteiger partial charge in [-0.05, 0) is 46.3 Å². The maximum absolute atomic E-state index is 14.1. The predicted octanol–water partition coefficient (Wildman–Crippen LogP) is 7.08. The van der Waals surface area contributed by atoms with Gasteiger partial charge in [-0.25, -0.2) is 4.90 Å². The number of rotatable bonds is 9. The molecule has 0 saturated heterocycles. The standard InChI is InChI=1S/C34H24ClNO6/c35-25-16-23(17-29(37)38)14-15-26(25)36-33(39)31-28(42-20-22-10-5-2-6-11-22)18-24-12-7-13-27(30(24)32(31)34(36)40)41-19-21-8-3-1-4-9-21/h1-16,18H,17,19-20H2,(H,37,38). The van der Waals surface area contributed by atoms with Crippen LogP contribution in [0.3, 0.4) is 0 Å². The van der Waals surface area contributed by atoms with Crippen molar-refractivity contribution in [1.82, 2.24) is 0 Å². The number of carboxylic acid groups (broad SMARTS) is 1. The third kappa shape index (κ3) is 5.18. The van der Waals surface area contributed by atoms with Gasteiger partial charge in [-0.15, -0.1) is 0 Å². The summed E-state index contributed by atoms with van der Waals surface area (Å²) < 4.78 is 12.4. The molecule has 1 heterocycles. The van der Waals surface area contributed by atoms with E-state index >= 15 is 0 Å². The number of hydrogen-bond donors (Lipinski definition) is 1. The fourth-order valence-electron chi connectivity index (χ4n) is 5.08. The summed E-state index contributed by atoms with van der Waals surface area (Å²) in [4.78, 5) is 40.4. The van der Waals surface area contributed by atoms with E-state index in [9.17, 15) is 14.4 Å². The number of fused-ring (bicyclic) bond motifs is 3. The third-order valence-electron chi connectivity index (χ3n) is 7.01. The second-order valence-corrected chi connectivity index (χ2v) is 10.2. The normalized spacial score (nSPS) is 12.5. The minimum Gasteiger partial charge on any atom is -0.488 e. The molecule has 208 valence electrons. The number of aliphatic carboxylic acids is 1. The molecule has 5 aromatic rings. The molecule has 7 nitrogen and oxygen atoms in total. The minimum atomic E-state index is -1.02. The molecule has 6 rings (SSSR count). The number of anilines is 1. The number of carbonyl (C=O) groups excluding carboxylic acids is 2. The first-order valence-corrected chi connectivity index (χ1v) is 13.6. The molecule has 1 aliphatic heterocycles. The number of halogens is 1. The van der Waals surface area contributed by atoms with Gasteiger partial charge in [-0.3, -0.25) is 14.4 Å². The molecule has 5 aromatic carbocycles. The van der Waals surface area contributed by atoms with Crippen LogP contribution in [0.15, 0.2) is 103 Å². The van der Waals surface area contributed by atoms with Crippen LogP contribution in [0.5, 0.6) is 11.5 Å². The van der Waals surface area contributed by atoms with Crippen LogP contribution < -0.4 is 14.4 Å². The molecule has 0 unspecified atom stereocenters. The van der Waals surface area contributed by atoms with Crippen LogP contribution in [0.2, 0.25) is 5.02 Å². The fourth-order valence-corrected chi connectivity index (χ4v) is 5.37. The third-order valence-corrected chi connectivity index (χ3v) is 7.31. The second kappa shape index (κ2) is 11.4. The minimum absolute atomic E-state index is 0.0832. The van der Waals surface area contributed by atoms with Crippen molar-refractivity contribution in [2.75, 3.05) is 4.90 Å². The van der Waals surface area contributed by atoms with Crippen molar-refractivity contribution in [1.29, 1.82) is 0 Å². The lowest BCUT2D eigenvalue weighted by Crippen LogP contribution is -2.29. The van der Waals surface area contributed by atoms with Crippen molar-refractivity contribution in [3.63, 3.8) is 0 Å². The van der Waals surface area contributed by atoms with E-state index in [0.29, 0.717) is 22.1 Å². The zero-order valence-electron chi connectivity index (χ0n) is 22.2. The second-order valence-electron chi connectivity index (χ2n) is 9.83. The molecule has 0 fully saturated rings. The zero-order valence-corrected chi connectivity index (χ0v) is 23.0. The van der Waals surface area contributed by atoms with Gasteiger partial charge in [-0.2, -0.15) is 0 Å². The molecule has 1 aliphatic rings. The molecule has 1 N–H and O–H groups in total. The van der Waals surface area contributed by atoms with Crippen LogP contribution in [0, 0.1) is 0 Å². The van der Waals surface area contributed by atoms with E-state index in [0.717, 1.165) is 16.0 Å². The van der Waals surface area contributed by atoms with Gasteiger partial charge in [0.05, 0.1) is 28.3 Å². The highest BCUT2D eigenvalue weighted by Gasteiger charge is 2.42. The largest absolute Gasteiger partial charge is 0.488 e. The van der Waals surface area contributed by atoms with Gasteiger partial charge in [0, 0.05) is 5.39 Å². The van der Waals surface area contributed by atoms with E-state index in [1.807, 2.05) is 72.8 Å². The number of carboxylic acids is 1. The molecule has 0 atom stereocenters. The smallest absolute Gasteiger partial charge is 0.307 e. The summed E-state index contributed by atoms with van der Waals surface area (Å²) in [5.74, 6) is -1.47. The summed E-state index contributed by atoms with van der Waals surface area (Å²) in [5.41, 5.74) is 2.73. The number of benzene rings is 5. The Bertz CT molecular complexity index is 1840. The SMILES string of the molecule is O=C(O)Cc1ccc(N2C(=O)c3c(OCc4ccccc4)cc4cccc(OCc5ccccc5)c4c3C2=O)c(Cl)c1. The molecule has 0 aliphatic carbocycles. The summed E-state index contributed by atoms with van der Waals surface area (Å²) in [7, 11) is 0. The van der Waals surface area contributed by atoms with E-state index < -0.39 is 17.8 Å². The predicted molar refractivity (Wildman–Crippen MR) is 159 cm³/mol. The zero-order chi connectivity index (χ0) is 29.2. The molecule has 0 spiro atoms. The molecular weight excluding hydrogens is 554 g/mol. The molecular formula is C34H24ClNO6. The summed E-state index contributed by atoms with van der Waals surface area (Å²) in [6.45, 7) is 0.457. The highest BCUT2D eigenvalue weighted by molar-refractivity contribution is 6.42. The molecule has 0 radical (unpaired) electrons. The van der Waals surface area contributed by atoms with E-state index in [2.05, 4.69) is 0 Å². The first kappa shape index (κ1) is 27.1. The summed E-state index contributed by atoms with van der Waals surface area (Å²) >= 11 is 6.52. The van der Waals surface area contributed by atoms with Crippen LogP contribution in [-0.4, -0.2) is 22.9 Å². The number of ether oxygens (including phenoxy) is 2. The van der Waals surface area contributed by atoms with Crippen molar-refractivity contribution < 1.29 is 29.0 Å². The first-order chi connectivity index (χ1) is 20.4. The van der Waals surface area contributed by atoms with Crippen molar-refractivity contribution in [3.05, 3.63) is 136 Å².